The number of nitrogens with zero attached hydrogens (tertiary/aromatic N) is 4. The number of fused-ring (bicyclic) bond motifs is 1. The Balaban J connectivity index is 1.38. The number of rotatable bonds is 4. The predicted octanol–water partition coefficient (Wildman–Crippen LogP) is 2.34. The third kappa shape index (κ3) is 3.49. The van der Waals surface area contributed by atoms with Crippen LogP contribution in [0.2, 0.25) is 0 Å². The molecule has 0 bridgehead atoms. The number of urea groups is 1. The highest BCUT2D eigenvalue weighted by Crippen LogP contribution is 2.23. The van der Waals surface area contributed by atoms with Gasteiger partial charge in [-0.2, -0.15) is 0 Å². The van der Waals surface area contributed by atoms with Crippen molar-refractivity contribution in [3.8, 4) is 0 Å². The predicted molar refractivity (Wildman–Crippen MR) is 92.2 cm³/mol. The first-order valence-corrected chi connectivity index (χ1v) is 8.61. The van der Waals surface area contributed by atoms with Gasteiger partial charge in [-0.3, -0.25) is 9.88 Å². The molecular weight excluding hydrogens is 319 g/mol. The first kappa shape index (κ1) is 16.0. The van der Waals surface area contributed by atoms with E-state index in [1.54, 1.807) is 12.1 Å². The van der Waals surface area contributed by atoms with E-state index in [-0.39, 0.29) is 17.9 Å². The van der Waals surface area contributed by atoms with Crippen LogP contribution < -0.4 is 0 Å². The first-order chi connectivity index (χ1) is 12.2. The van der Waals surface area contributed by atoms with Gasteiger partial charge in [-0.1, -0.05) is 18.2 Å². The molecule has 25 heavy (non-hydrogen) atoms. The molecule has 2 amide bonds. The highest BCUT2D eigenvalue weighted by Gasteiger charge is 2.40. The molecule has 6 heteroatoms. The Morgan fingerprint density at radius 3 is 2.64 bits per heavy atom. The summed E-state index contributed by atoms with van der Waals surface area (Å²) in [7, 11) is 0. The zero-order valence-corrected chi connectivity index (χ0v) is 14.0. The summed E-state index contributed by atoms with van der Waals surface area (Å²) in [6.07, 6.45) is 1.81. The van der Waals surface area contributed by atoms with Crippen molar-refractivity contribution in [2.45, 2.75) is 19.1 Å². The van der Waals surface area contributed by atoms with Crippen molar-refractivity contribution in [3.05, 3.63) is 65.7 Å². The quantitative estimate of drug-likeness (QED) is 0.858. The number of halogens is 1. The average molecular weight is 340 g/mol. The summed E-state index contributed by atoms with van der Waals surface area (Å²) in [4.78, 5) is 23.2. The van der Waals surface area contributed by atoms with E-state index in [1.807, 2.05) is 34.2 Å². The largest absolute Gasteiger partial charge is 0.320 e. The molecule has 0 unspecified atom stereocenters. The Morgan fingerprint density at radius 1 is 1.04 bits per heavy atom. The minimum Gasteiger partial charge on any atom is -0.318 e. The van der Waals surface area contributed by atoms with Crippen molar-refractivity contribution in [2.24, 2.45) is 0 Å². The van der Waals surface area contributed by atoms with Gasteiger partial charge in [-0.15, -0.1) is 0 Å². The topological polar surface area (TPSA) is 39.7 Å². The van der Waals surface area contributed by atoms with Crippen molar-refractivity contribution < 1.29 is 9.18 Å². The van der Waals surface area contributed by atoms with Crippen LogP contribution in [0.1, 0.15) is 11.3 Å². The molecule has 5 nitrogen and oxygen atoms in total. The SMILES string of the molecule is O=C1N(Cc2ccc(F)cc2)C[C@H]2CN(Cc3ccccn3)CCN12. The fourth-order valence-electron chi connectivity index (χ4n) is 3.65. The Labute approximate surface area is 146 Å². The molecular formula is C19H21FN4O. The molecule has 0 aliphatic carbocycles. The van der Waals surface area contributed by atoms with Crippen molar-refractivity contribution in [1.29, 1.82) is 0 Å². The van der Waals surface area contributed by atoms with Gasteiger partial charge in [0.1, 0.15) is 5.82 Å². The lowest BCUT2D eigenvalue weighted by molar-refractivity contribution is 0.115. The van der Waals surface area contributed by atoms with Gasteiger partial charge in [0.05, 0.1) is 11.7 Å². The molecule has 1 aromatic heterocycles. The molecule has 2 aliphatic rings. The van der Waals surface area contributed by atoms with Crippen LogP contribution in [-0.4, -0.2) is 57.9 Å². The monoisotopic (exact) mass is 340 g/mol. The molecule has 0 N–H and O–H groups in total. The third-order valence-electron chi connectivity index (χ3n) is 4.91. The van der Waals surface area contributed by atoms with Gasteiger partial charge in [0, 0.05) is 45.5 Å². The van der Waals surface area contributed by atoms with Crippen LogP contribution in [0.3, 0.4) is 0 Å². The number of benzene rings is 1. The number of carbonyl (C=O) groups is 1. The second kappa shape index (κ2) is 6.80. The molecule has 2 saturated heterocycles. The maximum absolute atomic E-state index is 13.0. The standard InChI is InChI=1S/C19H21FN4O/c20-16-6-4-15(5-7-16)11-23-14-18-13-22(9-10-24(18)19(23)25)12-17-3-1-2-8-21-17/h1-8,18H,9-14H2/t18-/m1/s1. The van der Waals surface area contributed by atoms with Gasteiger partial charge in [0.15, 0.2) is 0 Å². The minimum atomic E-state index is -0.251. The summed E-state index contributed by atoms with van der Waals surface area (Å²) >= 11 is 0. The molecule has 4 rings (SSSR count). The van der Waals surface area contributed by atoms with Crippen LogP contribution in [0.5, 0.6) is 0 Å². The van der Waals surface area contributed by atoms with Crippen LogP contribution in [0, 0.1) is 5.82 Å². The van der Waals surface area contributed by atoms with Crippen molar-refractivity contribution >= 4 is 6.03 Å². The molecule has 3 heterocycles. The smallest absolute Gasteiger partial charge is 0.318 e. The Hall–Kier alpha value is -2.47. The highest BCUT2D eigenvalue weighted by atomic mass is 19.1. The Morgan fingerprint density at radius 2 is 1.88 bits per heavy atom. The molecule has 1 atom stereocenters. The summed E-state index contributed by atoms with van der Waals surface area (Å²) in [5.41, 5.74) is 2.02. The summed E-state index contributed by atoms with van der Waals surface area (Å²) in [5.74, 6) is -0.251. The average Bonchev–Trinajstić information content (AvgIpc) is 2.93. The van der Waals surface area contributed by atoms with E-state index in [9.17, 15) is 9.18 Å². The summed E-state index contributed by atoms with van der Waals surface area (Å²) in [6.45, 7) is 4.54. The molecule has 130 valence electrons. The van der Waals surface area contributed by atoms with Crippen molar-refractivity contribution in [2.75, 3.05) is 26.2 Å². The molecule has 1 aromatic carbocycles. The molecule has 2 fully saturated rings. The third-order valence-corrected chi connectivity index (χ3v) is 4.91. The van der Waals surface area contributed by atoms with E-state index in [2.05, 4.69) is 9.88 Å². The van der Waals surface area contributed by atoms with Gasteiger partial charge in [-0.25, -0.2) is 9.18 Å². The van der Waals surface area contributed by atoms with Crippen molar-refractivity contribution in [1.82, 2.24) is 19.7 Å². The lowest BCUT2D eigenvalue weighted by Gasteiger charge is -2.36. The van der Waals surface area contributed by atoms with E-state index in [0.29, 0.717) is 6.54 Å². The van der Waals surface area contributed by atoms with Gasteiger partial charge >= 0.3 is 6.03 Å². The van der Waals surface area contributed by atoms with Gasteiger partial charge in [-0.05, 0) is 29.8 Å². The van der Waals surface area contributed by atoms with Gasteiger partial charge in [0.2, 0.25) is 0 Å². The number of amides is 2. The number of pyridine rings is 1. The number of carbonyl (C=O) groups excluding carboxylic acids is 1. The molecule has 0 spiro atoms. The number of hydrogen-bond donors (Lipinski definition) is 0. The lowest BCUT2D eigenvalue weighted by atomic mass is 10.1. The number of hydrogen-bond acceptors (Lipinski definition) is 3. The van der Waals surface area contributed by atoms with Crippen molar-refractivity contribution in [3.63, 3.8) is 0 Å². The van der Waals surface area contributed by atoms with Gasteiger partial charge < -0.3 is 9.80 Å². The number of piperazine rings is 1. The normalized spacial score (nSPS) is 20.8. The molecule has 0 radical (unpaired) electrons. The number of aromatic nitrogens is 1. The van der Waals surface area contributed by atoms with Crippen LogP contribution in [0.25, 0.3) is 0 Å². The summed E-state index contributed by atoms with van der Waals surface area (Å²) < 4.78 is 13.0. The maximum Gasteiger partial charge on any atom is 0.320 e. The van der Waals surface area contributed by atoms with Gasteiger partial charge in [0.25, 0.3) is 0 Å². The summed E-state index contributed by atoms with van der Waals surface area (Å²) in [6, 6.07) is 12.6. The minimum absolute atomic E-state index is 0.0896. The van der Waals surface area contributed by atoms with Crippen LogP contribution in [0.15, 0.2) is 48.7 Å². The van der Waals surface area contributed by atoms with E-state index < -0.39 is 0 Å². The van der Waals surface area contributed by atoms with Crippen LogP contribution in [0.4, 0.5) is 9.18 Å². The Kier molecular flexibility index (Phi) is 4.36. The van der Waals surface area contributed by atoms with Crippen LogP contribution >= 0.6 is 0 Å². The summed E-state index contributed by atoms with van der Waals surface area (Å²) in [5, 5.41) is 0. The lowest BCUT2D eigenvalue weighted by Crippen LogP contribution is -2.51. The van der Waals surface area contributed by atoms with Crippen LogP contribution in [-0.2, 0) is 13.1 Å². The second-order valence-corrected chi connectivity index (χ2v) is 6.69. The fraction of sp³-hybridized carbons (Fsp3) is 0.368. The molecule has 2 aromatic rings. The first-order valence-electron chi connectivity index (χ1n) is 8.61. The second-order valence-electron chi connectivity index (χ2n) is 6.69. The van der Waals surface area contributed by atoms with E-state index in [4.69, 9.17) is 0 Å². The molecule has 2 aliphatic heterocycles. The zero-order valence-electron chi connectivity index (χ0n) is 14.0. The van der Waals surface area contributed by atoms with E-state index in [0.717, 1.165) is 44.0 Å². The maximum atomic E-state index is 13.0. The molecule has 0 saturated carbocycles. The highest BCUT2D eigenvalue weighted by molar-refractivity contribution is 5.77. The van der Waals surface area contributed by atoms with E-state index in [1.165, 1.54) is 12.1 Å². The zero-order chi connectivity index (χ0) is 17.2. The fourth-order valence-corrected chi connectivity index (χ4v) is 3.65. The Bertz CT molecular complexity index is 737. The van der Waals surface area contributed by atoms with E-state index >= 15 is 0 Å².